The van der Waals surface area contributed by atoms with Crippen molar-refractivity contribution in [2.75, 3.05) is 42.5 Å². The van der Waals surface area contributed by atoms with Crippen molar-refractivity contribution < 1.29 is 19.5 Å². The van der Waals surface area contributed by atoms with Gasteiger partial charge in [-0.15, -0.1) is 0 Å². The SMILES string of the molecule is O=C(O)[C@H]1CC(=O)N(c2ccccc2N2CCN(C(=O)c3ccccc3)CC2)C1. The number of carboxylic acid groups (broad SMARTS) is 1. The number of amides is 2. The molecule has 1 N–H and O–H groups in total. The zero-order chi connectivity index (χ0) is 20.4. The fraction of sp³-hybridized carbons (Fsp3) is 0.318. The fourth-order valence-corrected chi connectivity index (χ4v) is 3.98. The van der Waals surface area contributed by atoms with Gasteiger partial charge in [0.2, 0.25) is 5.91 Å². The molecule has 2 aromatic rings. The molecule has 0 aliphatic carbocycles. The van der Waals surface area contributed by atoms with Crippen molar-refractivity contribution in [3.05, 3.63) is 60.2 Å². The Hall–Kier alpha value is -3.35. The first-order valence-electron chi connectivity index (χ1n) is 9.76. The third-order valence-electron chi connectivity index (χ3n) is 5.58. The molecule has 2 aromatic carbocycles. The number of para-hydroxylation sites is 2. The summed E-state index contributed by atoms with van der Waals surface area (Å²) in [5.74, 6) is -1.75. The van der Waals surface area contributed by atoms with E-state index < -0.39 is 11.9 Å². The molecule has 0 saturated carbocycles. The highest BCUT2D eigenvalue weighted by Gasteiger charge is 2.36. The monoisotopic (exact) mass is 393 g/mol. The number of anilines is 2. The standard InChI is InChI=1S/C22H23N3O4/c26-20-14-17(22(28)29)15-25(20)19-9-5-4-8-18(19)23-10-12-24(13-11-23)21(27)16-6-2-1-3-7-16/h1-9,17H,10-15H2,(H,28,29)/t17-/m0/s1. The molecule has 7 nitrogen and oxygen atoms in total. The summed E-state index contributed by atoms with van der Waals surface area (Å²) in [7, 11) is 0. The zero-order valence-corrected chi connectivity index (χ0v) is 16.0. The number of hydrogen-bond acceptors (Lipinski definition) is 4. The number of carbonyl (C=O) groups excluding carboxylic acids is 2. The van der Waals surface area contributed by atoms with Crippen LogP contribution in [-0.2, 0) is 9.59 Å². The predicted octanol–water partition coefficient (Wildman–Crippen LogP) is 2.09. The molecule has 2 saturated heterocycles. The van der Waals surface area contributed by atoms with Gasteiger partial charge in [-0.2, -0.15) is 0 Å². The molecule has 0 aromatic heterocycles. The average Bonchev–Trinajstić information content (AvgIpc) is 3.16. The molecule has 2 aliphatic heterocycles. The number of benzene rings is 2. The van der Waals surface area contributed by atoms with E-state index >= 15 is 0 Å². The van der Waals surface area contributed by atoms with E-state index in [0.29, 0.717) is 31.7 Å². The van der Waals surface area contributed by atoms with Gasteiger partial charge in [-0.1, -0.05) is 30.3 Å². The van der Waals surface area contributed by atoms with Crippen molar-refractivity contribution in [1.82, 2.24) is 4.90 Å². The van der Waals surface area contributed by atoms with Crippen LogP contribution < -0.4 is 9.80 Å². The largest absolute Gasteiger partial charge is 0.481 e. The lowest BCUT2D eigenvalue weighted by molar-refractivity contribution is -0.141. The van der Waals surface area contributed by atoms with E-state index in [0.717, 1.165) is 11.4 Å². The van der Waals surface area contributed by atoms with E-state index in [1.165, 1.54) is 0 Å². The number of piperazine rings is 1. The molecular formula is C22H23N3O4. The summed E-state index contributed by atoms with van der Waals surface area (Å²) in [6.45, 7) is 2.68. The highest BCUT2D eigenvalue weighted by atomic mass is 16.4. The van der Waals surface area contributed by atoms with E-state index in [1.807, 2.05) is 59.5 Å². The number of carbonyl (C=O) groups is 3. The van der Waals surface area contributed by atoms with Crippen LogP contribution in [0.5, 0.6) is 0 Å². The average molecular weight is 393 g/mol. The Balaban J connectivity index is 1.48. The highest BCUT2D eigenvalue weighted by Crippen LogP contribution is 2.34. The van der Waals surface area contributed by atoms with E-state index in [4.69, 9.17) is 0 Å². The van der Waals surface area contributed by atoms with E-state index in [1.54, 1.807) is 4.90 Å². The van der Waals surface area contributed by atoms with Crippen LogP contribution in [0.25, 0.3) is 0 Å². The van der Waals surface area contributed by atoms with Gasteiger partial charge in [0.05, 0.1) is 17.3 Å². The summed E-state index contributed by atoms with van der Waals surface area (Å²) in [5.41, 5.74) is 2.33. The van der Waals surface area contributed by atoms with Gasteiger partial charge < -0.3 is 19.8 Å². The fourth-order valence-electron chi connectivity index (χ4n) is 3.98. The quantitative estimate of drug-likeness (QED) is 0.860. The minimum atomic E-state index is -0.939. The number of nitrogens with zero attached hydrogens (tertiary/aromatic N) is 3. The first-order valence-corrected chi connectivity index (χ1v) is 9.76. The second-order valence-corrected chi connectivity index (χ2v) is 7.38. The molecule has 0 unspecified atom stereocenters. The van der Waals surface area contributed by atoms with Crippen LogP contribution in [0.1, 0.15) is 16.8 Å². The lowest BCUT2D eigenvalue weighted by atomic mass is 10.1. The summed E-state index contributed by atoms with van der Waals surface area (Å²) in [6.07, 6.45) is 0.0308. The van der Waals surface area contributed by atoms with Crippen molar-refractivity contribution >= 4 is 29.2 Å². The molecule has 0 radical (unpaired) electrons. The molecular weight excluding hydrogens is 370 g/mol. The summed E-state index contributed by atoms with van der Waals surface area (Å²) < 4.78 is 0. The van der Waals surface area contributed by atoms with Gasteiger partial charge in [0.25, 0.3) is 5.91 Å². The Morgan fingerprint density at radius 3 is 2.10 bits per heavy atom. The van der Waals surface area contributed by atoms with Crippen LogP contribution in [0.4, 0.5) is 11.4 Å². The minimum absolute atomic E-state index is 0.0255. The first kappa shape index (κ1) is 19.0. The maximum absolute atomic E-state index is 12.7. The molecule has 29 heavy (non-hydrogen) atoms. The molecule has 2 aliphatic rings. The smallest absolute Gasteiger partial charge is 0.308 e. The Bertz CT molecular complexity index is 923. The van der Waals surface area contributed by atoms with Crippen molar-refractivity contribution in [3.63, 3.8) is 0 Å². The molecule has 7 heteroatoms. The van der Waals surface area contributed by atoms with Crippen LogP contribution in [0, 0.1) is 5.92 Å². The third-order valence-corrected chi connectivity index (χ3v) is 5.58. The van der Waals surface area contributed by atoms with Gasteiger partial charge in [-0.25, -0.2) is 0 Å². The van der Waals surface area contributed by atoms with Crippen LogP contribution in [0.3, 0.4) is 0 Å². The van der Waals surface area contributed by atoms with Crippen LogP contribution in [0.15, 0.2) is 54.6 Å². The van der Waals surface area contributed by atoms with E-state index in [9.17, 15) is 19.5 Å². The maximum Gasteiger partial charge on any atom is 0.308 e. The Morgan fingerprint density at radius 1 is 0.862 bits per heavy atom. The molecule has 2 fully saturated rings. The van der Waals surface area contributed by atoms with Crippen molar-refractivity contribution in [3.8, 4) is 0 Å². The molecule has 2 amide bonds. The van der Waals surface area contributed by atoms with Crippen LogP contribution in [0.2, 0.25) is 0 Å². The normalized spacial score (nSPS) is 19.5. The van der Waals surface area contributed by atoms with Gasteiger partial charge in [-0.05, 0) is 24.3 Å². The molecule has 0 bridgehead atoms. The van der Waals surface area contributed by atoms with Crippen LogP contribution >= 0.6 is 0 Å². The summed E-state index contributed by atoms with van der Waals surface area (Å²) in [4.78, 5) is 42.0. The van der Waals surface area contributed by atoms with Crippen molar-refractivity contribution in [2.45, 2.75) is 6.42 Å². The Kier molecular flexibility index (Phi) is 5.20. The molecule has 0 spiro atoms. The maximum atomic E-state index is 12.7. The van der Waals surface area contributed by atoms with Gasteiger partial charge in [-0.3, -0.25) is 14.4 Å². The van der Waals surface area contributed by atoms with E-state index in [-0.39, 0.29) is 24.8 Å². The summed E-state index contributed by atoms with van der Waals surface area (Å²) in [6, 6.07) is 16.8. The number of carboxylic acids is 1. The predicted molar refractivity (Wildman–Crippen MR) is 109 cm³/mol. The molecule has 4 rings (SSSR count). The van der Waals surface area contributed by atoms with Gasteiger partial charge in [0.15, 0.2) is 0 Å². The minimum Gasteiger partial charge on any atom is -0.481 e. The van der Waals surface area contributed by atoms with Gasteiger partial charge in [0, 0.05) is 44.7 Å². The number of hydrogen-bond donors (Lipinski definition) is 1. The topological polar surface area (TPSA) is 81.2 Å². The van der Waals surface area contributed by atoms with Crippen LogP contribution in [-0.4, -0.2) is 60.5 Å². The molecule has 150 valence electrons. The Labute approximate surface area is 169 Å². The second-order valence-electron chi connectivity index (χ2n) is 7.38. The molecule has 1 atom stereocenters. The van der Waals surface area contributed by atoms with Crippen molar-refractivity contribution in [1.29, 1.82) is 0 Å². The second kappa shape index (κ2) is 7.95. The number of rotatable bonds is 4. The lowest BCUT2D eigenvalue weighted by Crippen LogP contribution is -2.49. The first-order chi connectivity index (χ1) is 14.0. The third kappa shape index (κ3) is 3.81. The van der Waals surface area contributed by atoms with Gasteiger partial charge >= 0.3 is 5.97 Å². The lowest BCUT2D eigenvalue weighted by Gasteiger charge is -2.37. The highest BCUT2D eigenvalue weighted by molar-refractivity contribution is 6.01. The Morgan fingerprint density at radius 2 is 1.48 bits per heavy atom. The number of aliphatic carboxylic acids is 1. The van der Waals surface area contributed by atoms with Gasteiger partial charge in [0.1, 0.15) is 0 Å². The zero-order valence-electron chi connectivity index (χ0n) is 16.0. The summed E-state index contributed by atoms with van der Waals surface area (Å²) >= 11 is 0. The molecule has 2 heterocycles. The summed E-state index contributed by atoms with van der Waals surface area (Å²) in [5, 5.41) is 9.26. The van der Waals surface area contributed by atoms with Crippen molar-refractivity contribution in [2.24, 2.45) is 5.92 Å². The van der Waals surface area contributed by atoms with E-state index in [2.05, 4.69) is 4.90 Å².